The van der Waals surface area contributed by atoms with E-state index in [9.17, 15) is 5.26 Å². The van der Waals surface area contributed by atoms with Gasteiger partial charge in [0.1, 0.15) is 6.07 Å². The molecule has 0 amide bonds. The van der Waals surface area contributed by atoms with E-state index >= 15 is 0 Å². The molecule has 0 radical (unpaired) electrons. The summed E-state index contributed by atoms with van der Waals surface area (Å²) in [6.45, 7) is 0. The fourth-order valence-corrected chi connectivity index (χ4v) is 2.64. The van der Waals surface area contributed by atoms with Gasteiger partial charge in [0, 0.05) is 6.20 Å². The van der Waals surface area contributed by atoms with Gasteiger partial charge in [0.05, 0.1) is 11.6 Å². The Kier molecular flexibility index (Phi) is 5.07. The van der Waals surface area contributed by atoms with Gasteiger partial charge < -0.3 is 5.32 Å². The summed E-state index contributed by atoms with van der Waals surface area (Å²) in [5.41, 5.74) is 3.84. The predicted molar refractivity (Wildman–Crippen MR) is 97.9 cm³/mol. The molecule has 0 saturated carbocycles. The zero-order chi connectivity index (χ0) is 16.6. The highest BCUT2D eigenvalue weighted by molar-refractivity contribution is 5.76. The lowest BCUT2D eigenvalue weighted by Crippen LogP contribution is -2.17. The van der Waals surface area contributed by atoms with E-state index in [4.69, 9.17) is 0 Å². The van der Waals surface area contributed by atoms with Crippen molar-refractivity contribution < 1.29 is 0 Å². The molecular weight excluding hydrogens is 292 g/mol. The molecule has 0 spiro atoms. The fraction of sp³-hybridized carbons (Fsp3) is 0.0455. The van der Waals surface area contributed by atoms with Gasteiger partial charge in [-0.05, 0) is 16.7 Å². The van der Waals surface area contributed by atoms with Crippen LogP contribution >= 0.6 is 0 Å². The number of nitrogens with one attached hydrogen (secondary N) is 1. The summed E-state index contributed by atoms with van der Waals surface area (Å²) in [6.07, 6.45) is 1.81. The van der Waals surface area contributed by atoms with E-state index in [2.05, 4.69) is 35.7 Å². The van der Waals surface area contributed by atoms with Crippen LogP contribution in [-0.4, -0.2) is 0 Å². The third kappa shape index (κ3) is 3.71. The molecular formula is C22H18N2. The molecule has 0 aliphatic rings. The molecule has 0 saturated heterocycles. The van der Waals surface area contributed by atoms with Crippen LogP contribution in [0.4, 0.5) is 0 Å². The zero-order valence-corrected chi connectivity index (χ0v) is 13.3. The van der Waals surface area contributed by atoms with Crippen molar-refractivity contribution in [1.29, 1.82) is 5.26 Å². The van der Waals surface area contributed by atoms with Gasteiger partial charge in [0.2, 0.25) is 0 Å². The lowest BCUT2D eigenvalue weighted by atomic mass is 9.98. The first-order valence-corrected chi connectivity index (χ1v) is 7.90. The van der Waals surface area contributed by atoms with Crippen molar-refractivity contribution in [2.24, 2.45) is 0 Å². The highest BCUT2D eigenvalue weighted by Crippen LogP contribution is 2.22. The molecule has 0 heterocycles. The Hall–Kier alpha value is -3.31. The fourth-order valence-electron chi connectivity index (χ4n) is 2.64. The van der Waals surface area contributed by atoms with E-state index in [1.807, 2.05) is 66.7 Å². The van der Waals surface area contributed by atoms with Crippen LogP contribution in [0.2, 0.25) is 0 Å². The molecule has 3 aromatic carbocycles. The highest BCUT2D eigenvalue weighted by Gasteiger charge is 2.12. The van der Waals surface area contributed by atoms with Gasteiger partial charge in [-0.25, -0.2) is 0 Å². The Morgan fingerprint density at radius 3 is 1.67 bits per heavy atom. The molecule has 0 atom stereocenters. The second-order valence-corrected chi connectivity index (χ2v) is 5.46. The summed E-state index contributed by atoms with van der Waals surface area (Å²) in [6, 6.07) is 32.5. The number of nitrogens with zero attached hydrogens (tertiary/aromatic N) is 1. The molecule has 0 unspecified atom stereocenters. The molecule has 2 nitrogen and oxygen atoms in total. The van der Waals surface area contributed by atoms with Crippen molar-refractivity contribution in [3.8, 4) is 6.07 Å². The first kappa shape index (κ1) is 15.6. The smallest absolute Gasteiger partial charge is 0.101 e. The second-order valence-electron chi connectivity index (χ2n) is 5.46. The number of allylic oxidation sites excluding steroid dienone is 1. The number of rotatable bonds is 5. The van der Waals surface area contributed by atoms with Crippen LogP contribution in [0.1, 0.15) is 22.7 Å². The van der Waals surface area contributed by atoms with E-state index in [1.165, 1.54) is 0 Å². The van der Waals surface area contributed by atoms with Crippen LogP contribution in [-0.2, 0) is 0 Å². The molecule has 0 aromatic heterocycles. The Morgan fingerprint density at radius 2 is 1.21 bits per heavy atom. The van der Waals surface area contributed by atoms with E-state index in [0.29, 0.717) is 5.57 Å². The molecule has 24 heavy (non-hydrogen) atoms. The zero-order valence-electron chi connectivity index (χ0n) is 13.3. The van der Waals surface area contributed by atoms with Crippen molar-refractivity contribution in [3.05, 3.63) is 114 Å². The summed E-state index contributed by atoms with van der Waals surface area (Å²) >= 11 is 0. The molecule has 3 aromatic rings. The Morgan fingerprint density at radius 1 is 0.750 bits per heavy atom. The van der Waals surface area contributed by atoms with Gasteiger partial charge in [0.15, 0.2) is 0 Å². The standard InChI is InChI=1S/C22H18N2/c23-16-21(18-10-4-1-5-11-18)17-24-22(19-12-6-2-7-13-19)20-14-8-3-9-15-20/h1-15,17,22,24H/b21-17+. The van der Waals surface area contributed by atoms with Gasteiger partial charge in [-0.2, -0.15) is 5.26 Å². The summed E-state index contributed by atoms with van der Waals surface area (Å²) in [5, 5.41) is 12.9. The first-order valence-electron chi connectivity index (χ1n) is 7.90. The monoisotopic (exact) mass is 310 g/mol. The molecule has 3 rings (SSSR count). The highest BCUT2D eigenvalue weighted by atomic mass is 14.9. The minimum atomic E-state index is -0.000498. The van der Waals surface area contributed by atoms with E-state index in [0.717, 1.165) is 16.7 Å². The van der Waals surface area contributed by atoms with Crippen LogP contribution in [0.5, 0.6) is 0 Å². The normalized spacial score (nSPS) is 11.1. The third-order valence-electron chi connectivity index (χ3n) is 3.87. The van der Waals surface area contributed by atoms with Gasteiger partial charge in [-0.15, -0.1) is 0 Å². The van der Waals surface area contributed by atoms with Gasteiger partial charge in [-0.1, -0.05) is 91.0 Å². The largest absolute Gasteiger partial charge is 0.379 e. The van der Waals surface area contributed by atoms with Crippen LogP contribution < -0.4 is 5.32 Å². The lowest BCUT2D eigenvalue weighted by molar-refractivity contribution is 0.730. The lowest BCUT2D eigenvalue weighted by Gasteiger charge is -2.19. The predicted octanol–water partition coefficient (Wildman–Crippen LogP) is 4.93. The van der Waals surface area contributed by atoms with Crippen LogP contribution in [0, 0.1) is 11.3 Å². The SMILES string of the molecule is N#C/C(=C\NC(c1ccccc1)c1ccccc1)c1ccccc1. The van der Waals surface area contributed by atoms with Gasteiger partial charge in [-0.3, -0.25) is 0 Å². The van der Waals surface area contributed by atoms with Crippen LogP contribution in [0.25, 0.3) is 5.57 Å². The maximum atomic E-state index is 9.48. The maximum Gasteiger partial charge on any atom is 0.101 e. The topological polar surface area (TPSA) is 35.8 Å². The molecule has 116 valence electrons. The van der Waals surface area contributed by atoms with Gasteiger partial charge >= 0.3 is 0 Å². The van der Waals surface area contributed by atoms with Crippen molar-refractivity contribution >= 4 is 5.57 Å². The van der Waals surface area contributed by atoms with Crippen LogP contribution in [0.3, 0.4) is 0 Å². The number of benzene rings is 3. The molecule has 0 aliphatic carbocycles. The molecule has 0 bridgehead atoms. The third-order valence-corrected chi connectivity index (χ3v) is 3.87. The Labute approximate surface area is 142 Å². The maximum absolute atomic E-state index is 9.48. The Bertz CT molecular complexity index is 792. The minimum Gasteiger partial charge on any atom is -0.379 e. The number of nitriles is 1. The van der Waals surface area contributed by atoms with E-state index < -0.39 is 0 Å². The summed E-state index contributed by atoms with van der Waals surface area (Å²) in [5.74, 6) is 0. The average molecular weight is 310 g/mol. The number of hydrogen-bond acceptors (Lipinski definition) is 2. The average Bonchev–Trinajstić information content (AvgIpc) is 2.67. The van der Waals surface area contributed by atoms with Crippen molar-refractivity contribution in [3.63, 3.8) is 0 Å². The van der Waals surface area contributed by atoms with Crippen molar-refractivity contribution in [2.75, 3.05) is 0 Å². The van der Waals surface area contributed by atoms with E-state index in [-0.39, 0.29) is 6.04 Å². The van der Waals surface area contributed by atoms with Gasteiger partial charge in [0.25, 0.3) is 0 Å². The van der Waals surface area contributed by atoms with Crippen LogP contribution in [0.15, 0.2) is 97.2 Å². The molecule has 0 fully saturated rings. The number of hydrogen-bond donors (Lipinski definition) is 1. The summed E-state index contributed by atoms with van der Waals surface area (Å²) < 4.78 is 0. The molecule has 2 heteroatoms. The van der Waals surface area contributed by atoms with Crippen molar-refractivity contribution in [2.45, 2.75) is 6.04 Å². The summed E-state index contributed by atoms with van der Waals surface area (Å²) in [4.78, 5) is 0. The second kappa shape index (κ2) is 7.80. The quantitative estimate of drug-likeness (QED) is 0.678. The van der Waals surface area contributed by atoms with E-state index in [1.54, 1.807) is 6.20 Å². The molecule has 0 aliphatic heterocycles. The minimum absolute atomic E-state index is 0.000498. The Balaban J connectivity index is 1.93. The summed E-state index contributed by atoms with van der Waals surface area (Å²) in [7, 11) is 0. The molecule has 1 N–H and O–H groups in total. The first-order chi connectivity index (χ1) is 11.9. The van der Waals surface area contributed by atoms with Crippen molar-refractivity contribution in [1.82, 2.24) is 5.32 Å².